The number of nitrogens with zero attached hydrogens (tertiary/aromatic N) is 1. The SMILES string of the molecule is O=C1CC2Sc3ccccc3N=C2O1. The molecule has 1 aromatic rings. The van der Waals surface area contributed by atoms with Gasteiger partial charge in [0.15, 0.2) is 0 Å². The molecule has 1 fully saturated rings. The second kappa shape index (κ2) is 2.85. The number of thioether (sulfide) groups is 1. The van der Waals surface area contributed by atoms with Crippen LogP contribution in [-0.2, 0) is 9.53 Å². The first-order valence-electron chi connectivity index (χ1n) is 4.38. The quantitative estimate of drug-likeness (QED) is 0.609. The Morgan fingerprint density at radius 2 is 2.29 bits per heavy atom. The average Bonchev–Trinajstić information content (AvgIpc) is 2.53. The minimum absolute atomic E-state index is 0.0948. The van der Waals surface area contributed by atoms with Crippen molar-refractivity contribution in [1.29, 1.82) is 0 Å². The van der Waals surface area contributed by atoms with Gasteiger partial charge >= 0.3 is 5.97 Å². The summed E-state index contributed by atoms with van der Waals surface area (Å²) < 4.78 is 5.01. The number of carbonyl (C=O) groups is 1. The summed E-state index contributed by atoms with van der Waals surface area (Å²) >= 11 is 1.65. The highest BCUT2D eigenvalue weighted by molar-refractivity contribution is 8.01. The third-order valence-corrected chi connectivity index (χ3v) is 3.46. The number of carbonyl (C=O) groups excluding carboxylic acids is 1. The lowest BCUT2D eigenvalue weighted by Crippen LogP contribution is -2.12. The van der Waals surface area contributed by atoms with Crippen LogP contribution < -0.4 is 0 Å². The monoisotopic (exact) mass is 205 g/mol. The van der Waals surface area contributed by atoms with Crippen molar-refractivity contribution in [3.05, 3.63) is 24.3 Å². The number of benzene rings is 1. The fourth-order valence-electron chi connectivity index (χ4n) is 1.57. The van der Waals surface area contributed by atoms with E-state index >= 15 is 0 Å². The van der Waals surface area contributed by atoms with E-state index in [2.05, 4.69) is 4.99 Å². The van der Waals surface area contributed by atoms with Crippen LogP contribution in [0.3, 0.4) is 0 Å². The van der Waals surface area contributed by atoms with E-state index in [0.717, 1.165) is 10.6 Å². The Bertz CT molecular complexity index is 442. The number of aliphatic imine (C=N–C) groups is 1. The van der Waals surface area contributed by atoms with Crippen LogP contribution in [0.5, 0.6) is 0 Å². The minimum Gasteiger partial charge on any atom is -0.410 e. The first-order chi connectivity index (χ1) is 6.83. The number of rotatable bonds is 0. The molecule has 2 aliphatic rings. The minimum atomic E-state index is -0.172. The molecule has 1 unspecified atom stereocenters. The zero-order chi connectivity index (χ0) is 9.54. The molecule has 14 heavy (non-hydrogen) atoms. The van der Waals surface area contributed by atoms with Gasteiger partial charge in [0.1, 0.15) is 0 Å². The number of hydrogen-bond donors (Lipinski definition) is 0. The van der Waals surface area contributed by atoms with Crippen molar-refractivity contribution in [2.75, 3.05) is 0 Å². The molecule has 2 heterocycles. The molecule has 0 amide bonds. The maximum absolute atomic E-state index is 11.0. The lowest BCUT2D eigenvalue weighted by atomic mass is 10.3. The van der Waals surface area contributed by atoms with E-state index in [1.807, 2.05) is 24.3 Å². The maximum Gasteiger partial charge on any atom is 0.313 e. The van der Waals surface area contributed by atoms with Crippen LogP contribution in [0.1, 0.15) is 6.42 Å². The molecule has 0 aromatic heterocycles. The van der Waals surface area contributed by atoms with Crippen molar-refractivity contribution in [2.45, 2.75) is 16.6 Å². The molecule has 3 nitrogen and oxygen atoms in total. The number of para-hydroxylation sites is 1. The van der Waals surface area contributed by atoms with E-state index in [0.29, 0.717) is 12.3 Å². The van der Waals surface area contributed by atoms with Crippen molar-refractivity contribution < 1.29 is 9.53 Å². The van der Waals surface area contributed by atoms with Gasteiger partial charge in [-0.05, 0) is 12.1 Å². The van der Waals surface area contributed by atoms with E-state index in [4.69, 9.17) is 4.74 Å². The molecular weight excluding hydrogens is 198 g/mol. The van der Waals surface area contributed by atoms with Gasteiger partial charge in [0.25, 0.3) is 0 Å². The topological polar surface area (TPSA) is 38.7 Å². The van der Waals surface area contributed by atoms with Crippen molar-refractivity contribution in [3.8, 4) is 0 Å². The fourth-order valence-corrected chi connectivity index (χ4v) is 2.69. The molecule has 3 rings (SSSR count). The summed E-state index contributed by atoms with van der Waals surface area (Å²) in [5.41, 5.74) is 0.901. The third-order valence-electron chi connectivity index (χ3n) is 2.21. The summed E-state index contributed by atoms with van der Waals surface area (Å²) in [6, 6.07) is 7.85. The summed E-state index contributed by atoms with van der Waals surface area (Å²) in [5, 5.41) is 0.0948. The van der Waals surface area contributed by atoms with Gasteiger partial charge in [0, 0.05) is 4.90 Å². The Balaban J connectivity index is 2.07. The average molecular weight is 205 g/mol. The molecule has 0 bridgehead atoms. The van der Waals surface area contributed by atoms with Gasteiger partial charge in [0.2, 0.25) is 5.90 Å². The lowest BCUT2D eigenvalue weighted by molar-refractivity contribution is -0.133. The number of ether oxygens (including phenoxy) is 1. The molecule has 1 saturated heterocycles. The van der Waals surface area contributed by atoms with Crippen molar-refractivity contribution in [2.24, 2.45) is 4.99 Å². The number of fused-ring (bicyclic) bond motifs is 2. The molecule has 0 radical (unpaired) electrons. The normalized spacial score (nSPS) is 23.6. The molecule has 1 aromatic carbocycles. The van der Waals surface area contributed by atoms with E-state index in [1.54, 1.807) is 11.8 Å². The van der Waals surface area contributed by atoms with Crippen LogP contribution in [0.15, 0.2) is 34.2 Å². The van der Waals surface area contributed by atoms with Gasteiger partial charge in [-0.25, -0.2) is 4.99 Å². The van der Waals surface area contributed by atoms with Crippen LogP contribution in [0.25, 0.3) is 0 Å². The smallest absolute Gasteiger partial charge is 0.313 e. The van der Waals surface area contributed by atoms with Crippen LogP contribution in [0.4, 0.5) is 5.69 Å². The summed E-state index contributed by atoms with van der Waals surface area (Å²) in [7, 11) is 0. The summed E-state index contributed by atoms with van der Waals surface area (Å²) in [5.74, 6) is 0.396. The second-order valence-electron chi connectivity index (χ2n) is 3.20. The van der Waals surface area contributed by atoms with Crippen LogP contribution in [0.2, 0.25) is 0 Å². The largest absolute Gasteiger partial charge is 0.410 e. The fraction of sp³-hybridized carbons (Fsp3) is 0.200. The highest BCUT2D eigenvalue weighted by atomic mass is 32.2. The molecule has 0 saturated carbocycles. The molecule has 1 atom stereocenters. The highest BCUT2D eigenvalue weighted by Crippen LogP contribution is 2.41. The van der Waals surface area contributed by atoms with Crippen LogP contribution >= 0.6 is 11.8 Å². The first kappa shape index (κ1) is 8.05. The molecular formula is C10H7NO2S. The van der Waals surface area contributed by atoms with Crippen molar-refractivity contribution in [1.82, 2.24) is 0 Å². The Hall–Kier alpha value is -1.29. The van der Waals surface area contributed by atoms with E-state index in [9.17, 15) is 4.79 Å². The predicted octanol–water partition coefficient (Wildman–Crippen LogP) is 2.14. The van der Waals surface area contributed by atoms with E-state index in [1.165, 1.54) is 0 Å². The van der Waals surface area contributed by atoms with Gasteiger partial charge < -0.3 is 4.74 Å². The summed E-state index contributed by atoms with van der Waals surface area (Å²) in [6.45, 7) is 0. The molecule has 4 heteroatoms. The summed E-state index contributed by atoms with van der Waals surface area (Å²) in [6.07, 6.45) is 0.442. The second-order valence-corrected chi connectivity index (χ2v) is 4.45. The number of hydrogen-bond acceptors (Lipinski definition) is 4. The zero-order valence-corrected chi connectivity index (χ0v) is 8.08. The third kappa shape index (κ3) is 1.14. The molecule has 0 spiro atoms. The molecule has 0 N–H and O–H groups in total. The number of esters is 1. The molecule has 0 aliphatic carbocycles. The van der Waals surface area contributed by atoms with Gasteiger partial charge in [0.05, 0.1) is 17.4 Å². The van der Waals surface area contributed by atoms with Gasteiger partial charge in [-0.15, -0.1) is 11.8 Å². The zero-order valence-electron chi connectivity index (χ0n) is 7.27. The predicted molar refractivity (Wildman–Crippen MR) is 53.9 cm³/mol. The van der Waals surface area contributed by atoms with Gasteiger partial charge in [-0.1, -0.05) is 12.1 Å². The summed E-state index contributed by atoms with van der Waals surface area (Å²) in [4.78, 5) is 16.5. The lowest BCUT2D eigenvalue weighted by Gasteiger charge is -2.15. The van der Waals surface area contributed by atoms with Gasteiger partial charge in [-0.2, -0.15) is 0 Å². The highest BCUT2D eigenvalue weighted by Gasteiger charge is 2.35. The van der Waals surface area contributed by atoms with Crippen LogP contribution in [0, 0.1) is 0 Å². The first-order valence-corrected chi connectivity index (χ1v) is 5.26. The van der Waals surface area contributed by atoms with Crippen molar-refractivity contribution >= 4 is 29.3 Å². The Kier molecular flexibility index (Phi) is 1.64. The van der Waals surface area contributed by atoms with Gasteiger partial charge in [-0.3, -0.25) is 4.79 Å². The maximum atomic E-state index is 11.0. The standard InChI is InChI=1S/C10H7NO2S/c12-9-5-8-10(13-9)11-6-3-1-2-4-7(6)14-8/h1-4,8H,5H2. The molecule has 70 valence electrons. The van der Waals surface area contributed by atoms with Crippen molar-refractivity contribution in [3.63, 3.8) is 0 Å². The van der Waals surface area contributed by atoms with E-state index in [-0.39, 0.29) is 11.2 Å². The molecule has 2 aliphatic heterocycles. The Labute approximate surface area is 85.2 Å². The Morgan fingerprint density at radius 3 is 3.21 bits per heavy atom. The Morgan fingerprint density at radius 1 is 1.43 bits per heavy atom. The van der Waals surface area contributed by atoms with Crippen LogP contribution in [-0.4, -0.2) is 17.1 Å². The van der Waals surface area contributed by atoms with E-state index < -0.39 is 0 Å².